The predicted molar refractivity (Wildman–Crippen MR) is 94.6 cm³/mol. The molecule has 136 valence electrons. The van der Waals surface area contributed by atoms with Crippen LogP contribution in [0.3, 0.4) is 0 Å². The van der Waals surface area contributed by atoms with Crippen LogP contribution in [0.15, 0.2) is 24.3 Å². The summed E-state index contributed by atoms with van der Waals surface area (Å²) in [6.45, 7) is 5.89. The van der Waals surface area contributed by atoms with E-state index in [0.29, 0.717) is 12.2 Å². The summed E-state index contributed by atoms with van der Waals surface area (Å²) >= 11 is 0. The average molecular weight is 365 g/mol. The van der Waals surface area contributed by atoms with Gasteiger partial charge in [-0.1, -0.05) is 31.0 Å². The van der Waals surface area contributed by atoms with Gasteiger partial charge >= 0.3 is 0 Å². The van der Waals surface area contributed by atoms with E-state index in [-0.39, 0.29) is 11.6 Å². The van der Waals surface area contributed by atoms with Crippen LogP contribution in [-0.2, 0) is 26.9 Å². The molecule has 2 aromatic rings. The van der Waals surface area contributed by atoms with E-state index in [1.54, 1.807) is 12.1 Å². The molecule has 0 aliphatic rings. The Morgan fingerprint density at radius 3 is 2.60 bits per heavy atom. The van der Waals surface area contributed by atoms with E-state index in [1.165, 1.54) is 11.6 Å². The molecule has 1 aromatic heterocycles. The molecule has 0 bridgehead atoms. The van der Waals surface area contributed by atoms with Gasteiger partial charge in [-0.25, -0.2) is 13.1 Å². The Bertz CT molecular complexity index is 815. The number of anilines is 1. The summed E-state index contributed by atoms with van der Waals surface area (Å²) in [5, 5.41) is 12.6. The highest BCUT2D eigenvalue weighted by Crippen LogP contribution is 2.14. The molecule has 1 amide bonds. The van der Waals surface area contributed by atoms with Crippen molar-refractivity contribution in [3.63, 3.8) is 0 Å². The Balaban J connectivity index is 2.06. The number of hydrogen-bond donors (Lipinski definition) is 1. The van der Waals surface area contributed by atoms with Crippen LogP contribution in [0.1, 0.15) is 38.1 Å². The number of amides is 1. The lowest BCUT2D eigenvalue weighted by Crippen LogP contribution is -2.34. The summed E-state index contributed by atoms with van der Waals surface area (Å²) < 4.78 is 26.6. The number of sulfone groups is 1. The maximum absolute atomic E-state index is 12.5. The first-order valence-corrected chi connectivity index (χ1v) is 9.89. The summed E-state index contributed by atoms with van der Waals surface area (Å²) in [7, 11) is -3.73. The number of carbonyl (C=O) groups excluding carboxylic acids is 1. The van der Waals surface area contributed by atoms with E-state index in [0.717, 1.165) is 18.4 Å². The van der Waals surface area contributed by atoms with E-state index in [9.17, 15) is 13.2 Å². The number of aromatic nitrogens is 4. The van der Waals surface area contributed by atoms with Crippen LogP contribution in [0.2, 0.25) is 0 Å². The number of benzene rings is 1. The van der Waals surface area contributed by atoms with Crippen molar-refractivity contribution in [3.8, 4) is 0 Å². The van der Waals surface area contributed by atoms with Gasteiger partial charge in [-0.05, 0) is 42.8 Å². The SMILES string of the molecule is CCCCn1nnnc1CS(=O)(=O)[C@H](C)C(=O)Nc1ccc(C)cc1. The van der Waals surface area contributed by atoms with Crippen molar-refractivity contribution >= 4 is 21.4 Å². The fraction of sp³-hybridized carbons (Fsp3) is 0.500. The van der Waals surface area contributed by atoms with Crippen molar-refractivity contribution in [2.45, 2.75) is 51.2 Å². The molecule has 0 aliphatic heterocycles. The molecule has 1 heterocycles. The Morgan fingerprint density at radius 1 is 1.28 bits per heavy atom. The van der Waals surface area contributed by atoms with E-state index in [2.05, 4.69) is 20.8 Å². The zero-order valence-electron chi connectivity index (χ0n) is 14.6. The number of aryl methyl sites for hydroxylation is 2. The molecule has 9 heteroatoms. The number of nitrogens with zero attached hydrogens (tertiary/aromatic N) is 4. The van der Waals surface area contributed by atoms with Crippen LogP contribution in [0.25, 0.3) is 0 Å². The highest BCUT2D eigenvalue weighted by Gasteiger charge is 2.30. The molecule has 0 spiro atoms. The fourth-order valence-electron chi connectivity index (χ4n) is 2.16. The topological polar surface area (TPSA) is 107 Å². The molecular formula is C16H23N5O3S. The van der Waals surface area contributed by atoms with Gasteiger partial charge in [0.2, 0.25) is 5.91 Å². The number of unbranched alkanes of at least 4 members (excludes halogenated alkanes) is 1. The lowest BCUT2D eigenvalue weighted by molar-refractivity contribution is -0.115. The normalized spacial score (nSPS) is 12.8. The van der Waals surface area contributed by atoms with E-state index < -0.39 is 21.0 Å². The average Bonchev–Trinajstić information content (AvgIpc) is 3.00. The van der Waals surface area contributed by atoms with Gasteiger partial charge in [0, 0.05) is 12.2 Å². The first kappa shape index (κ1) is 19.0. The minimum absolute atomic E-state index is 0.253. The molecule has 1 atom stereocenters. The van der Waals surface area contributed by atoms with Crippen molar-refractivity contribution in [2.24, 2.45) is 0 Å². The van der Waals surface area contributed by atoms with Gasteiger partial charge in [-0.15, -0.1) is 5.10 Å². The van der Waals surface area contributed by atoms with E-state index >= 15 is 0 Å². The summed E-state index contributed by atoms with van der Waals surface area (Å²) in [5.74, 6) is -0.688. The Labute approximate surface area is 147 Å². The van der Waals surface area contributed by atoms with Gasteiger partial charge in [0.05, 0.1) is 0 Å². The van der Waals surface area contributed by atoms with Crippen LogP contribution in [0.5, 0.6) is 0 Å². The summed E-state index contributed by atoms with van der Waals surface area (Å²) in [4.78, 5) is 12.3. The van der Waals surface area contributed by atoms with Crippen molar-refractivity contribution < 1.29 is 13.2 Å². The van der Waals surface area contributed by atoms with Crippen molar-refractivity contribution in [1.29, 1.82) is 0 Å². The molecule has 1 aromatic carbocycles. The first-order valence-electron chi connectivity index (χ1n) is 8.17. The molecule has 2 rings (SSSR count). The second kappa shape index (κ2) is 8.19. The molecule has 0 saturated heterocycles. The van der Waals surface area contributed by atoms with Crippen molar-refractivity contribution in [2.75, 3.05) is 5.32 Å². The maximum atomic E-state index is 12.5. The van der Waals surface area contributed by atoms with Gasteiger partial charge in [0.1, 0.15) is 11.0 Å². The Morgan fingerprint density at radius 2 is 1.96 bits per heavy atom. The lowest BCUT2D eigenvalue weighted by Gasteiger charge is -2.13. The first-order chi connectivity index (χ1) is 11.8. The number of rotatable bonds is 8. The van der Waals surface area contributed by atoms with Gasteiger partial charge in [-0.3, -0.25) is 4.79 Å². The van der Waals surface area contributed by atoms with Crippen LogP contribution in [0.4, 0.5) is 5.69 Å². The molecule has 0 aliphatic carbocycles. The number of hydrogen-bond acceptors (Lipinski definition) is 6. The number of tetrazole rings is 1. The van der Waals surface area contributed by atoms with Gasteiger partial charge < -0.3 is 5.32 Å². The predicted octanol–water partition coefficient (Wildman–Crippen LogP) is 1.72. The summed E-state index contributed by atoms with van der Waals surface area (Å²) in [6, 6.07) is 7.16. The van der Waals surface area contributed by atoms with Crippen LogP contribution in [-0.4, -0.2) is 39.8 Å². The third kappa shape index (κ3) is 5.09. The minimum Gasteiger partial charge on any atom is -0.325 e. The molecule has 8 nitrogen and oxygen atoms in total. The number of nitrogens with one attached hydrogen (secondary N) is 1. The molecule has 1 N–H and O–H groups in total. The van der Waals surface area contributed by atoms with E-state index in [4.69, 9.17) is 0 Å². The van der Waals surface area contributed by atoms with Crippen molar-refractivity contribution in [1.82, 2.24) is 20.2 Å². The zero-order chi connectivity index (χ0) is 18.4. The Kier molecular flexibility index (Phi) is 6.24. The highest BCUT2D eigenvalue weighted by molar-refractivity contribution is 7.92. The van der Waals surface area contributed by atoms with Gasteiger partial charge in [0.15, 0.2) is 15.7 Å². The second-order valence-corrected chi connectivity index (χ2v) is 8.30. The standard InChI is InChI=1S/C16H23N5O3S/c1-4-5-10-21-15(18-19-20-21)11-25(23,24)13(3)16(22)17-14-8-6-12(2)7-9-14/h6-9,13H,4-5,10-11H2,1-3H3,(H,17,22)/t13-/m1/s1. The molecule has 0 fully saturated rings. The van der Waals surface area contributed by atoms with Crippen LogP contribution >= 0.6 is 0 Å². The largest absolute Gasteiger partial charge is 0.325 e. The molecule has 0 unspecified atom stereocenters. The molecule has 0 saturated carbocycles. The smallest absolute Gasteiger partial charge is 0.242 e. The third-order valence-electron chi connectivity index (χ3n) is 3.89. The van der Waals surface area contributed by atoms with Crippen LogP contribution < -0.4 is 5.32 Å². The van der Waals surface area contributed by atoms with Crippen molar-refractivity contribution in [3.05, 3.63) is 35.7 Å². The quantitative estimate of drug-likeness (QED) is 0.763. The molecule has 0 radical (unpaired) electrons. The highest BCUT2D eigenvalue weighted by atomic mass is 32.2. The number of carbonyl (C=O) groups is 1. The summed E-state index contributed by atoms with van der Waals surface area (Å²) in [5.41, 5.74) is 1.61. The molecular weight excluding hydrogens is 342 g/mol. The summed E-state index contributed by atoms with van der Waals surface area (Å²) in [6.07, 6.45) is 1.79. The van der Waals surface area contributed by atoms with Gasteiger partial charge in [-0.2, -0.15) is 0 Å². The lowest BCUT2D eigenvalue weighted by atomic mass is 10.2. The maximum Gasteiger partial charge on any atom is 0.242 e. The fourth-order valence-corrected chi connectivity index (χ4v) is 3.36. The Hall–Kier alpha value is -2.29. The third-order valence-corrected chi connectivity index (χ3v) is 5.84. The monoisotopic (exact) mass is 365 g/mol. The zero-order valence-corrected chi connectivity index (χ0v) is 15.5. The minimum atomic E-state index is -3.73. The van der Waals surface area contributed by atoms with Gasteiger partial charge in [0.25, 0.3) is 0 Å². The van der Waals surface area contributed by atoms with E-state index in [1.807, 2.05) is 26.0 Å². The molecule has 25 heavy (non-hydrogen) atoms. The second-order valence-electron chi connectivity index (χ2n) is 5.98. The van der Waals surface area contributed by atoms with Crippen LogP contribution in [0, 0.1) is 6.92 Å².